The first-order valence-electron chi connectivity index (χ1n) is 8.57. The van der Waals surface area contributed by atoms with E-state index in [1.165, 1.54) is 0 Å². The fourth-order valence-corrected chi connectivity index (χ4v) is 2.80. The first-order chi connectivity index (χ1) is 11.6. The largest absolute Gasteiger partial charge is 0.476 e. The summed E-state index contributed by atoms with van der Waals surface area (Å²) in [6.45, 7) is 9.53. The van der Waals surface area contributed by atoms with Crippen molar-refractivity contribution in [2.45, 2.75) is 46.1 Å². The molecule has 1 aliphatic rings. The van der Waals surface area contributed by atoms with E-state index in [0.717, 1.165) is 44.0 Å². The van der Waals surface area contributed by atoms with Gasteiger partial charge in [-0.3, -0.25) is 9.88 Å². The normalized spacial score (nSPS) is 16.7. The van der Waals surface area contributed by atoms with Crippen molar-refractivity contribution < 1.29 is 9.26 Å². The van der Waals surface area contributed by atoms with Gasteiger partial charge in [-0.25, -0.2) is 4.98 Å². The van der Waals surface area contributed by atoms with E-state index in [9.17, 15) is 0 Å². The maximum absolute atomic E-state index is 5.83. The van der Waals surface area contributed by atoms with Crippen LogP contribution in [0.4, 0.5) is 0 Å². The summed E-state index contributed by atoms with van der Waals surface area (Å²) in [5, 5.41) is 4.02. The molecule has 0 spiro atoms. The number of aryl methyl sites for hydroxylation is 1. The van der Waals surface area contributed by atoms with E-state index in [1.807, 2.05) is 6.92 Å². The van der Waals surface area contributed by atoms with Crippen molar-refractivity contribution in [3.05, 3.63) is 29.8 Å². The van der Waals surface area contributed by atoms with Gasteiger partial charge in [0, 0.05) is 18.3 Å². The Morgan fingerprint density at radius 3 is 2.67 bits per heavy atom. The molecule has 0 saturated carbocycles. The van der Waals surface area contributed by atoms with E-state index in [4.69, 9.17) is 9.26 Å². The molecule has 0 N–H and O–H groups in total. The van der Waals surface area contributed by atoms with Crippen LogP contribution in [0.3, 0.4) is 0 Å². The molecule has 7 heteroatoms. The lowest BCUT2D eigenvalue weighted by atomic mass is 9.98. The predicted molar refractivity (Wildman–Crippen MR) is 88.7 cm³/mol. The van der Waals surface area contributed by atoms with E-state index in [-0.39, 0.29) is 0 Å². The second kappa shape index (κ2) is 7.70. The minimum absolute atomic E-state index is 0.301. The van der Waals surface area contributed by atoms with Crippen LogP contribution in [0.5, 0.6) is 5.88 Å². The summed E-state index contributed by atoms with van der Waals surface area (Å²) < 4.78 is 11.2. The van der Waals surface area contributed by atoms with Gasteiger partial charge in [0.15, 0.2) is 5.82 Å². The van der Waals surface area contributed by atoms with Crippen LogP contribution in [0.25, 0.3) is 0 Å². The highest BCUT2D eigenvalue weighted by molar-refractivity contribution is 5.14. The van der Waals surface area contributed by atoms with Gasteiger partial charge in [-0.2, -0.15) is 4.98 Å². The van der Waals surface area contributed by atoms with Crippen LogP contribution in [-0.4, -0.2) is 44.7 Å². The van der Waals surface area contributed by atoms with Crippen LogP contribution in [0.1, 0.15) is 50.0 Å². The van der Waals surface area contributed by atoms with E-state index in [1.54, 1.807) is 12.4 Å². The number of piperidine rings is 1. The number of ether oxygens (including phenoxy) is 1. The fourth-order valence-electron chi connectivity index (χ4n) is 2.80. The highest BCUT2D eigenvalue weighted by atomic mass is 16.5. The Hall–Kier alpha value is -2.02. The molecule has 3 rings (SSSR count). The molecule has 24 heavy (non-hydrogen) atoms. The second-order valence-corrected chi connectivity index (χ2v) is 6.68. The maximum Gasteiger partial charge on any atom is 0.240 e. The molecule has 130 valence electrons. The van der Waals surface area contributed by atoms with Gasteiger partial charge in [-0.15, -0.1) is 0 Å². The van der Waals surface area contributed by atoms with Crippen molar-refractivity contribution >= 4 is 0 Å². The third-order valence-corrected chi connectivity index (χ3v) is 4.36. The topological polar surface area (TPSA) is 77.2 Å². The number of nitrogens with zero attached hydrogens (tertiary/aromatic N) is 5. The molecule has 1 aliphatic heterocycles. The van der Waals surface area contributed by atoms with Gasteiger partial charge < -0.3 is 9.26 Å². The molecule has 0 aromatic carbocycles. The molecule has 0 atom stereocenters. The molecular formula is C17H25N5O2. The molecular weight excluding hydrogens is 306 g/mol. The van der Waals surface area contributed by atoms with E-state index >= 15 is 0 Å². The number of aromatic nitrogens is 4. The minimum Gasteiger partial charge on any atom is -0.476 e. The zero-order valence-corrected chi connectivity index (χ0v) is 14.6. The molecule has 0 amide bonds. The quantitative estimate of drug-likeness (QED) is 0.805. The second-order valence-electron chi connectivity index (χ2n) is 6.68. The average molecular weight is 331 g/mol. The third-order valence-electron chi connectivity index (χ3n) is 4.36. The Bertz CT molecular complexity index is 650. The Labute approximate surface area is 142 Å². The standard InChI is InChI=1S/C17H25N5O2/c1-12(2)16-20-15(24-21-16)10-22-8-4-14(5-9-22)11-23-17-13(3)18-6-7-19-17/h6-7,12,14H,4-5,8-11H2,1-3H3. The van der Waals surface area contributed by atoms with Crippen molar-refractivity contribution in [3.8, 4) is 5.88 Å². The molecule has 0 bridgehead atoms. The zero-order chi connectivity index (χ0) is 16.9. The van der Waals surface area contributed by atoms with Crippen LogP contribution in [0.15, 0.2) is 16.9 Å². The van der Waals surface area contributed by atoms with Gasteiger partial charge in [-0.05, 0) is 38.8 Å². The first-order valence-corrected chi connectivity index (χ1v) is 8.57. The fraction of sp³-hybridized carbons (Fsp3) is 0.647. The summed E-state index contributed by atoms with van der Waals surface area (Å²) in [4.78, 5) is 15.2. The van der Waals surface area contributed by atoms with Crippen LogP contribution in [0, 0.1) is 12.8 Å². The SMILES string of the molecule is Cc1nccnc1OCC1CCN(Cc2nc(C(C)C)no2)CC1. The molecule has 0 radical (unpaired) electrons. The molecule has 7 nitrogen and oxygen atoms in total. The van der Waals surface area contributed by atoms with Gasteiger partial charge >= 0.3 is 0 Å². The van der Waals surface area contributed by atoms with Crippen molar-refractivity contribution in [3.63, 3.8) is 0 Å². The minimum atomic E-state index is 0.301. The van der Waals surface area contributed by atoms with Gasteiger partial charge in [0.25, 0.3) is 0 Å². The lowest BCUT2D eigenvalue weighted by molar-refractivity contribution is 0.124. The maximum atomic E-state index is 5.83. The van der Waals surface area contributed by atoms with Crippen molar-refractivity contribution in [1.29, 1.82) is 0 Å². The monoisotopic (exact) mass is 331 g/mol. The van der Waals surface area contributed by atoms with E-state index < -0.39 is 0 Å². The van der Waals surface area contributed by atoms with Crippen molar-refractivity contribution in [1.82, 2.24) is 25.0 Å². The van der Waals surface area contributed by atoms with Crippen LogP contribution < -0.4 is 4.74 Å². The van der Waals surface area contributed by atoms with E-state index in [0.29, 0.717) is 30.2 Å². The summed E-state index contributed by atoms with van der Waals surface area (Å²) in [6.07, 6.45) is 5.55. The third kappa shape index (κ3) is 4.29. The summed E-state index contributed by atoms with van der Waals surface area (Å²) >= 11 is 0. The molecule has 2 aromatic heterocycles. The van der Waals surface area contributed by atoms with Crippen molar-refractivity contribution in [2.24, 2.45) is 5.92 Å². The molecule has 1 saturated heterocycles. The molecule has 3 heterocycles. The van der Waals surface area contributed by atoms with Gasteiger partial charge in [0.2, 0.25) is 11.8 Å². The number of likely N-dealkylation sites (tertiary alicyclic amines) is 1. The molecule has 1 fully saturated rings. The summed E-state index contributed by atoms with van der Waals surface area (Å²) in [7, 11) is 0. The Morgan fingerprint density at radius 2 is 2.00 bits per heavy atom. The molecule has 0 unspecified atom stereocenters. The smallest absolute Gasteiger partial charge is 0.240 e. The van der Waals surface area contributed by atoms with Gasteiger partial charge in [-0.1, -0.05) is 19.0 Å². The zero-order valence-electron chi connectivity index (χ0n) is 14.6. The molecule has 0 aliphatic carbocycles. The highest BCUT2D eigenvalue weighted by Gasteiger charge is 2.22. The Kier molecular flexibility index (Phi) is 5.40. The predicted octanol–water partition coefficient (Wildman–Crippen LogP) is 2.58. The van der Waals surface area contributed by atoms with Crippen LogP contribution in [0.2, 0.25) is 0 Å². The lowest BCUT2D eigenvalue weighted by Gasteiger charge is -2.30. The lowest BCUT2D eigenvalue weighted by Crippen LogP contribution is -2.35. The van der Waals surface area contributed by atoms with Gasteiger partial charge in [0.05, 0.1) is 18.8 Å². The summed E-state index contributed by atoms with van der Waals surface area (Å²) in [5.41, 5.74) is 0.840. The summed E-state index contributed by atoms with van der Waals surface area (Å²) in [6, 6.07) is 0. The Morgan fingerprint density at radius 1 is 1.25 bits per heavy atom. The van der Waals surface area contributed by atoms with E-state index in [2.05, 4.69) is 38.9 Å². The van der Waals surface area contributed by atoms with Crippen molar-refractivity contribution in [2.75, 3.05) is 19.7 Å². The number of hydrogen-bond acceptors (Lipinski definition) is 7. The highest BCUT2D eigenvalue weighted by Crippen LogP contribution is 2.21. The summed E-state index contributed by atoms with van der Waals surface area (Å²) in [5.74, 6) is 3.00. The number of hydrogen-bond donors (Lipinski definition) is 0. The van der Waals surface area contributed by atoms with Crippen LogP contribution >= 0.6 is 0 Å². The average Bonchev–Trinajstić information content (AvgIpc) is 3.04. The van der Waals surface area contributed by atoms with Crippen LogP contribution in [-0.2, 0) is 6.54 Å². The van der Waals surface area contributed by atoms with Gasteiger partial charge in [0.1, 0.15) is 0 Å². The Balaban J connectivity index is 1.43. The molecule has 2 aromatic rings. The first kappa shape index (κ1) is 16.8. The number of rotatable bonds is 6.